The van der Waals surface area contributed by atoms with Crippen LogP contribution in [0.5, 0.6) is 11.5 Å². The van der Waals surface area contributed by atoms with Crippen LogP contribution >= 0.6 is 0 Å². The molecule has 1 aromatic heterocycles. The Labute approximate surface area is 620 Å². The van der Waals surface area contributed by atoms with Crippen molar-refractivity contribution in [2.45, 2.75) is 184 Å². The highest BCUT2D eigenvalue weighted by atomic mass is 32.2. The lowest BCUT2D eigenvalue weighted by atomic mass is 9.93. The van der Waals surface area contributed by atoms with Gasteiger partial charge in [-0.15, -0.1) is 0 Å². The number of carbonyl (C=O) groups is 15. The third kappa shape index (κ3) is 22.5. The Morgan fingerprint density at radius 3 is 2.07 bits per heavy atom. The maximum Gasteiger partial charge on any atom is 0.409 e. The molecule has 40 heteroatoms. The fraction of sp³-hybridized carbons (Fsp3) is 0.574. The van der Waals surface area contributed by atoms with Crippen LogP contribution in [0.2, 0.25) is 0 Å². The predicted octanol–water partition coefficient (Wildman–Crippen LogP) is -3.65. The lowest BCUT2D eigenvalue weighted by Gasteiger charge is -2.43. The summed E-state index contributed by atoms with van der Waals surface area (Å²) >= 11 is 0. The fourth-order valence-electron chi connectivity index (χ4n) is 12.4. The van der Waals surface area contributed by atoms with Gasteiger partial charge in [0.15, 0.2) is 18.3 Å². The smallest absolute Gasteiger partial charge is 0.409 e. The Morgan fingerprint density at radius 1 is 0.769 bits per heavy atom. The van der Waals surface area contributed by atoms with Crippen LogP contribution in [0.4, 0.5) is 4.79 Å². The minimum absolute atomic E-state index is 0.0541. The number of methoxy groups -OCH3 is 1. The molecule has 7 rings (SSSR count). The number of nitrogens with one attached hydrogen (secondary N) is 8. The van der Waals surface area contributed by atoms with Crippen molar-refractivity contribution >= 4 is 111 Å². The van der Waals surface area contributed by atoms with Gasteiger partial charge >= 0.3 is 35.9 Å². The Bertz CT molecular complexity index is 3910. The Balaban J connectivity index is 1.09. The second-order valence-corrected chi connectivity index (χ2v) is 27.7. The average molecular weight is 1540 g/mol. The summed E-state index contributed by atoms with van der Waals surface area (Å²) in [7, 11) is -0.0146. The van der Waals surface area contributed by atoms with E-state index in [0.717, 1.165) is 38.8 Å². The molecule has 592 valence electrons. The summed E-state index contributed by atoms with van der Waals surface area (Å²) in [6.07, 6.45) is -12.3. The number of aromatic amines is 1. The van der Waals surface area contributed by atoms with Gasteiger partial charge in [-0.2, -0.15) is 0 Å². The normalized spacial score (nSPS) is 25.5. The van der Waals surface area contributed by atoms with Gasteiger partial charge in [0.25, 0.3) is 0 Å². The van der Waals surface area contributed by atoms with Crippen molar-refractivity contribution < 1.29 is 134 Å². The maximum absolute atomic E-state index is 15.2. The lowest BCUT2D eigenvalue weighted by molar-refractivity contribution is -0.282. The minimum atomic E-state index is -2.48. The Morgan fingerprint density at radius 2 is 1.43 bits per heavy atom. The van der Waals surface area contributed by atoms with E-state index in [1.165, 1.54) is 49.2 Å². The van der Waals surface area contributed by atoms with E-state index >= 15 is 4.21 Å². The van der Waals surface area contributed by atoms with E-state index < -0.39 is 260 Å². The van der Waals surface area contributed by atoms with Gasteiger partial charge in [-0.05, 0) is 54.2 Å². The Hall–Kier alpha value is -10.6. The quantitative estimate of drug-likeness (QED) is 0.0234. The van der Waals surface area contributed by atoms with E-state index in [0.29, 0.717) is 32.1 Å². The minimum Gasteiger partial charge on any atom is -0.494 e. The molecule has 108 heavy (non-hydrogen) atoms. The summed E-state index contributed by atoms with van der Waals surface area (Å²) in [6.45, 7) is 4.38. The molecule has 0 saturated carbocycles. The number of amides is 10. The van der Waals surface area contributed by atoms with Crippen molar-refractivity contribution in [1.29, 1.82) is 0 Å². The average Bonchev–Trinajstić information content (AvgIpc) is 1.53. The molecule has 2 saturated heterocycles. The van der Waals surface area contributed by atoms with Gasteiger partial charge in [0.1, 0.15) is 64.9 Å². The number of hydrogen-bond donors (Lipinski definition) is 13. The van der Waals surface area contributed by atoms with Gasteiger partial charge in [0, 0.05) is 71.1 Å². The van der Waals surface area contributed by atoms with Gasteiger partial charge in [-0.25, -0.2) is 14.4 Å². The van der Waals surface area contributed by atoms with Crippen molar-refractivity contribution in [2.75, 3.05) is 59.3 Å². The predicted molar refractivity (Wildman–Crippen MR) is 369 cm³/mol. The molecule has 4 aliphatic heterocycles. The SMILES string of the molecule is CC[C@H](C)[C@@H]1NC(=O)CNC(=O)C2Cc3c([nH]c4cc(OCCCCCCN(C)C(=O)OCc5ccc(OC6O[C@H](C(=O)OC)C(OC(C)=O)[C@H](OC(C)=O)[C@H]6OC(C)=O)c(C(=O)O)c5)ccc34)S(=O)C[C@H](NC(=O)CNC1=O)C(=O)N[C@@H](CC(N)=O)C(=O)N1C[C@H](O)C[C@H]1C(=O)N[C@@H]([C@@H](C)[C@@H](O)CO)C(=O)N2. The fourth-order valence-corrected chi connectivity index (χ4v) is 13.8. The highest BCUT2D eigenvalue weighted by Crippen LogP contribution is 2.35. The van der Waals surface area contributed by atoms with Gasteiger partial charge in [-0.3, -0.25) is 61.7 Å². The van der Waals surface area contributed by atoms with Crippen molar-refractivity contribution in [3.8, 4) is 11.5 Å². The molecule has 2 aromatic carbocycles. The van der Waals surface area contributed by atoms with Crippen molar-refractivity contribution in [3.63, 3.8) is 0 Å². The van der Waals surface area contributed by atoms with Crippen LogP contribution in [-0.4, -0.2) is 267 Å². The molecule has 2 fully saturated rings. The highest BCUT2D eigenvalue weighted by Gasteiger charge is 2.56. The number of benzene rings is 2. The van der Waals surface area contributed by atoms with Crippen LogP contribution in [0, 0.1) is 11.8 Å². The summed E-state index contributed by atoms with van der Waals surface area (Å²) < 4.78 is 59.2. The van der Waals surface area contributed by atoms with Gasteiger partial charge in [0.05, 0.1) is 74.1 Å². The zero-order valence-corrected chi connectivity index (χ0v) is 61.2. The number of primary amides is 1. The maximum atomic E-state index is 15.2. The molecular formula is C68H91N11O28S. The first-order valence-corrected chi connectivity index (χ1v) is 35.9. The van der Waals surface area contributed by atoms with Gasteiger partial charge in [-0.1, -0.05) is 46.1 Å². The zero-order valence-electron chi connectivity index (χ0n) is 60.4. The van der Waals surface area contributed by atoms with E-state index in [1.807, 2.05) is 0 Å². The van der Waals surface area contributed by atoms with Gasteiger partial charge in [0.2, 0.25) is 65.6 Å². The third-order valence-electron chi connectivity index (χ3n) is 18.2. The van der Waals surface area contributed by atoms with Gasteiger partial charge < -0.3 is 116 Å². The first-order valence-electron chi connectivity index (χ1n) is 34.6. The topological polar surface area (TPSA) is 560 Å². The molecule has 2 bridgehead atoms. The number of aliphatic hydroxyl groups is 3. The second-order valence-electron chi connectivity index (χ2n) is 26.3. The molecule has 3 aromatic rings. The van der Waals surface area contributed by atoms with Crippen molar-refractivity contribution in [3.05, 3.63) is 53.1 Å². The number of rotatable bonds is 24. The summed E-state index contributed by atoms with van der Waals surface area (Å²) in [4.78, 5) is 207. The summed E-state index contributed by atoms with van der Waals surface area (Å²) in [5.74, 6) is -18.0. The summed E-state index contributed by atoms with van der Waals surface area (Å²) in [5.41, 5.74) is 5.52. The van der Waals surface area contributed by atoms with Crippen LogP contribution in [0.1, 0.15) is 108 Å². The molecule has 14 N–H and O–H groups in total. The number of esters is 4. The van der Waals surface area contributed by atoms with E-state index in [1.54, 1.807) is 13.8 Å². The number of unbranched alkanes of at least 4 members (excludes halogenated alkanes) is 3. The third-order valence-corrected chi connectivity index (χ3v) is 19.6. The van der Waals surface area contributed by atoms with Crippen LogP contribution in [0.25, 0.3) is 10.9 Å². The molecule has 5 heterocycles. The van der Waals surface area contributed by atoms with Crippen molar-refractivity contribution in [1.82, 2.24) is 52.0 Å². The number of carboxylic acid groups (broad SMARTS) is 1. The van der Waals surface area contributed by atoms with E-state index in [2.05, 4.69) is 42.2 Å². The van der Waals surface area contributed by atoms with Crippen LogP contribution in [0.15, 0.2) is 41.4 Å². The van der Waals surface area contributed by atoms with E-state index in [9.17, 15) is 92.3 Å². The number of ether oxygens (including phenoxy) is 8. The molecule has 4 aliphatic rings. The monoisotopic (exact) mass is 1540 g/mol. The number of carbonyl (C=O) groups excluding carboxylic acids is 14. The zero-order chi connectivity index (χ0) is 79.5. The summed E-state index contributed by atoms with van der Waals surface area (Å²) in [5, 5.41) is 59.5. The molecule has 4 unspecified atom stereocenters. The van der Waals surface area contributed by atoms with Crippen LogP contribution in [-0.2, 0) is 115 Å². The molecule has 16 atom stereocenters. The first kappa shape index (κ1) is 84.7. The van der Waals surface area contributed by atoms with Crippen LogP contribution in [0.3, 0.4) is 0 Å². The second kappa shape index (κ2) is 38.8. The molecule has 10 amide bonds. The van der Waals surface area contributed by atoms with Crippen molar-refractivity contribution in [2.24, 2.45) is 17.6 Å². The molecule has 0 spiro atoms. The first-order chi connectivity index (χ1) is 51.1. The van der Waals surface area contributed by atoms with E-state index in [4.69, 9.17) is 43.6 Å². The number of aromatic carboxylic acids is 1. The number of nitrogens with zero attached hydrogens (tertiary/aromatic N) is 2. The molecule has 39 nitrogen and oxygen atoms in total. The Kier molecular flexibility index (Phi) is 30.4. The van der Waals surface area contributed by atoms with E-state index in [-0.39, 0.29) is 46.0 Å². The lowest BCUT2D eigenvalue weighted by Crippen LogP contribution is -2.64. The standard InChI is InChI=1S/C68H91N11O28S/c1-9-31(2)52-61(92)71-25-50(87)72-45-30-108(99)63-40(23-43(58(89)70-26-51(88)76-52)73-62(93)53(32(3)47(85)28-80)77-60(91)46-21-37(84)27-79(46)64(94)44(24-49(69)86)74-59(45)90)39-16-15-38(22-42(39)75-63)101-19-13-11-10-12-18-78(7)68(98)102-29-36-14-17-48(41(20-36)65(95)96)106-67-57(105-35(6)83)55(104-34(5)82)54(103-33(4)81)56(107-67)66(97)100-8/h14-17,20,22,31-32,37,43-47,52-57,67,75,80,84-85H,9-13,18-19,21,23-30H2,1-8H3,(H2,69,86)(H,70,89)(H,71,92)(H,72,87)(H,73,93)(H,74,90)(H,76,88)(H,77,91)(H,95,96)/t31-,32-,37+,43?,44-,45-,46-,47-,52-,53-,54?,55-,56-,57+,67?,108?/m0/s1. The number of H-pyrrole nitrogens is 1. The largest absolute Gasteiger partial charge is 0.494 e. The number of fused-ring (bicyclic) bond motifs is 5. The number of hydrogen-bond acceptors (Lipinski definition) is 27. The molecule has 0 aliphatic carbocycles. The molecule has 0 radical (unpaired) electrons. The number of carboxylic acids is 1. The highest BCUT2D eigenvalue weighted by molar-refractivity contribution is 7.85. The van der Waals surface area contributed by atoms with Crippen LogP contribution < -0.4 is 52.4 Å². The molecular weight excluding hydrogens is 1450 g/mol. The number of aromatic nitrogens is 1. The number of nitrogens with two attached hydrogens (primary N) is 1. The number of aliphatic hydroxyl groups excluding tert-OH is 3. The summed E-state index contributed by atoms with van der Waals surface area (Å²) in [6, 6.07) is -2.13.